The van der Waals surface area contributed by atoms with E-state index >= 15 is 4.79 Å². The summed E-state index contributed by atoms with van der Waals surface area (Å²) in [4.78, 5) is 15.8. The summed E-state index contributed by atoms with van der Waals surface area (Å²) in [5.74, 6) is 0. The molecule has 0 saturated carbocycles. The van der Waals surface area contributed by atoms with Crippen molar-refractivity contribution in [2.24, 2.45) is 0 Å². The number of rotatable bonds is 6. The van der Waals surface area contributed by atoms with Gasteiger partial charge >= 0.3 is 215 Å². The first-order valence-electron chi connectivity index (χ1n) is 12.4. The first-order valence-corrected chi connectivity index (χ1v) is 14.6. The molecule has 0 saturated heterocycles. The van der Waals surface area contributed by atoms with Crippen LogP contribution in [0.25, 0.3) is 0 Å². The Morgan fingerprint density at radius 1 is 0.472 bits per heavy atom. The predicted octanol–water partition coefficient (Wildman–Crippen LogP) is 6.61. The molecule has 5 rings (SSSR count). The molecule has 1 nitrogen and oxygen atoms in total. The Hall–Kier alpha value is -3.80. The number of aryl methyl sites for hydroxylation is 3. The third-order valence-corrected chi connectivity index (χ3v) is 13.7. The van der Waals surface area contributed by atoms with Crippen molar-refractivity contribution in [2.75, 3.05) is 0 Å². The predicted molar refractivity (Wildman–Crippen MR) is 156 cm³/mol. The molecule has 0 unspecified atom stereocenters. The van der Waals surface area contributed by atoms with Crippen molar-refractivity contribution in [3.63, 3.8) is 0 Å². The normalized spacial score (nSPS) is 12.5. The molecule has 0 radical (unpaired) electrons. The van der Waals surface area contributed by atoms with Crippen molar-refractivity contribution < 1.29 is 4.79 Å². The van der Waals surface area contributed by atoms with Gasteiger partial charge in [0.05, 0.1) is 0 Å². The average Bonchev–Trinajstić information content (AvgIpc) is 2.92. The SMILES string of the molecule is Cc1cc(C)c(C(=O)P(c2ccccc2)(c2ccccc2)(c2ccccc2)c2ccccc2)c(C)c1. The van der Waals surface area contributed by atoms with E-state index in [1.807, 2.05) is 24.3 Å². The van der Waals surface area contributed by atoms with Gasteiger partial charge in [-0.2, -0.15) is 0 Å². The monoisotopic (exact) mass is 486 g/mol. The molecule has 5 aromatic carbocycles. The van der Waals surface area contributed by atoms with Gasteiger partial charge in [0.2, 0.25) is 0 Å². The van der Waals surface area contributed by atoms with Crippen molar-refractivity contribution >= 4 is 33.3 Å². The second kappa shape index (κ2) is 9.34. The van der Waals surface area contributed by atoms with Crippen LogP contribution in [0.5, 0.6) is 0 Å². The van der Waals surface area contributed by atoms with Crippen molar-refractivity contribution in [3.05, 3.63) is 156 Å². The zero-order chi connectivity index (χ0) is 25.2. The standard InChI is InChI=1S/C34H31OP/c1-26-24-27(2)33(28(3)25-26)34(35)36(29-16-8-4-9-17-29,30-18-10-5-11-19-30,31-20-12-6-13-21-31)32-22-14-7-15-23-32/h4-25H,1-3H3. The average molecular weight is 487 g/mol. The Labute approximate surface area is 214 Å². The maximum absolute atomic E-state index is 15.8. The van der Waals surface area contributed by atoms with Crippen molar-refractivity contribution in [2.45, 2.75) is 20.8 Å². The minimum atomic E-state index is -3.95. The number of hydrogen-bond donors (Lipinski definition) is 0. The zero-order valence-corrected chi connectivity index (χ0v) is 22.0. The molecule has 0 aromatic heterocycles. The molecular weight excluding hydrogens is 455 g/mol. The van der Waals surface area contributed by atoms with Crippen LogP contribution in [0.15, 0.2) is 133 Å². The van der Waals surface area contributed by atoms with E-state index in [-0.39, 0.29) is 5.52 Å². The van der Waals surface area contributed by atoms with E-state index < -0.39 is 6.60 Å². The van der Waals surface area contributed by atoms with Gasteiger partial charge in [0.25, 0.3) is 0 Å². The summed E-state index contributed by atoms with van der Waals surface area (Å²) < 4.78 is 0. The molecule has 0 bridgehead atoms. The summed E-state index contributed by atoms with van der Waals surface area (Å²) in [6.45, 7) is 2.29. The third kappa shape index (κ3) is 3.31. The second-order valence-corrected chi connectivity index (χ2v) is 14.2. The van der Waals surface area contributed by atoms with Gasteiger partial charge < -0.3 is 0 Å². The molecule has 0 spiro atoms. The van der Waals surface area contributed by atoms with Crippen LogP contribution in [0.2, 0.25) is 0 Å². The van der Waals surface area contributed by atoms with Gasteiger partial charge in [0.15, 0.2) is 0 Å². The molecule has 0 amide bonds. The van der Waals surface area contributed by atoms with Gasteiger partial charge in [-0.3, -0.25) is 0 Å². The van der Waals surface area contributed by atoms with Crippen LogP contribution in [0.1, 0.15) is 27.0 Å². The fraction of sp³-hybridized carbons (Fsp3) is 0.0882. The van der Waals surface area contributed by atoms with Gasteiger partial charge in [0.1, 0.15) is 0 Å². The number of benzene rings is 5. The molecule has 0 N–H and O–H groups in total. The van der Waals surface area contributed by atoms with E-state index in [1.165, 1.54) is 5.56 Å². The van der Waals surface area contributed by atoms with Crippen LogP contribution < -0.4 is 21.2 Å². The Morgan fingerprint density at radius 3 is 1.03 bits per heavy atom. The first-order chi connectivity index (χ1) is 17.5. The number of carbonyl (C=O) groups is 1. The molecule has 178 valence electrons. The summed E-state index contributed by atoms with van der Waals surface area (Å²) in [7, 11) is 0. The van der Waals surface area contributed by atoms with Crippen molar-refractivity contribution in [1.82, 2.24) is 0 Å². The summed E-state index contributed by atoms with van der Waals surface area (Å²) in [5, 5.41) is 4.21. The molecule has 0 fully saturated rings. The topological polar surface area (TPSA) is 17.1 Å². The quantitative estimate of drug-likeness (QED) is 0.247. The van der Waals surface area contributed by atoms with E-state index in [4.69, 9.17) is 0 Å². The van der Waals surface area contributed by atoms with E-state index in [0.29, 0.717) is 0 Å². The fourth-order valence-corrected chi connectivity index (χ4v) is 12.6. The minimum absolute atomic E-state index is 0.186. The van der Waals surface area contributed by atoms with Crippen molar-refractivity contribution in [3.8, 4) is 0 Å². The summed E-state index contributed by atoms with van der Waals surface area (Å²) in [6, 6.07) is 46.1. The summed E-state index contributed by atoms with van der Waals surface area (Å²) in [5.41, 5.74) is 4.21. The van der Waals surface area contributed by atoms with E-state index in [9.17, 15) is 0 Å². The molecule has 0 heterocycles. The van der Waals surface area contributed by atoms with Crippen LogP contribution in [-0.2, 0) is 0 Å². The van der Waals surface area contributed by atoms with Crippen LogP contribution >= 0.6 is 6.60 Å². The summed E-state index contributed by atoms with van der Waals surface area (Å²) >= 11 is 0. The molecule has 2 heteroatoms. The van der Waals surface area contributed by atoms with Gasteiger partial charge in [0, 0.05) is 0 Å². The van der Waals surface area contributed by atoms with Crippen LogP contribution in [0.3, 0.4) is 0 Å². The van der Waals surface area contributed by atoms with Crippen LogP contribution in [0.4, 0.5) is 0 Å². The Balaban J connectivity index is 2.12. The number of carbonyl (C=O) groups excluding carboxylic acids is 1. The molecule has 0 aliphatic rings. The molecule has 0 aliphatic carbocycles. The number of hydrogen-bond acceptors (Lipinski definition) is 1. The van der Waals surface area contributed by atoms with E-state index in [2.05, 4.69) is 130 Å². The molecule has 0 aliphatic heterocycles. The molecule has 0 atom stereocenters. The Bertz CT molecular complexity index is 1320. The van der Waals surface area contributed by atoms with Gasteiger partial charge in [-0.05, 0) is 0 Å². The molecule has 36 heavy (non-hydrogen) atoms. The molecular formula is C34H31OP. The fourth-order valence-electron chi connectivity index (χ4n) is 6.01. The van der Waals surface area contributed by atoms with E-state index in [1.54, 1.807) is 0 Å². The first kappa shape index (κ1) is 23.9. The second-order valence-electron chi connectivity index (χ2n) is 9.54. The third-order valence-electron chi connectivity index (χ3n) is 7.39. The van der Waals surface area contributed by atoms with Crippen molar-refractivity contribution in [1.29, 1.82) is 0 Å². The Kier molecular flexibility index (Phi) is 6.20. The molecule has 5 aromatic rings. The maximum atomic E-state index is 15.8. The van der Waals surface area contributed by atoms with Crippen LogP contribution in [0, 0.1) is 20.8 Å². The van der Waals surface area contributed by atoms with Crippen LogP contribution in [-0.4, -0.2) is 5.52 Å². The zero-order valence-electron chi connectivity index (χ0n) is 21.1. The van der Waals surface area contributed by atoms with Gasteiger partial charge in [-0.25, -0.2) is 0 Å². The summed E-state index contributed by atoms with van der Waals surface area (Å²) in [6.07, 6.45) is 0. The van der Waals surface area contributed by atoms with Gasteiger partial charge in [-0.1, -0.05) is 0 Å². The van der Waals surface area contributed by atoms with E-state index in [0.717, 1.165) is 37.9 Å². The Morgan fingerprint density at radius 2 is 0.750 bits per heavy atom. The van der Waals surface area contributed by atoms with Gasteiger partial charge in [-0.15, -0.1) is 0 Å².